The highest BCUT2D eigenvalue weighted by Gasteiger charge is 2.10. The highest BCUT2D eigenvalue weighted by atomic mass is 15.1. The average Bonchev–Trinajstić information content (AvgIpc) is 2.47. The summed E-state index contributed by atoms with van der Waals surface area (Å²) in [5.41, 5.74) is 2.71. The molecule has 0 radical (unpaired) electrons. The summed E-state index contributed by atoms with van der Waals surface area (Å²) in [6.07, 6.45) is 3.50. The van der Waals surface area contributed by atoms with Crippen LogP contribution in [0.2, 0.25) is 0 Å². The Morgan fingerprint density at radius 2 is 1.68 bits per heavy atom. The second kappa shape index (κ2) is 8.21. The lowest BCUT2D eigenvalue weighted by molar-refractivity contribution is 0.518. The number of hydrogen-bond acceptors (Lipinski definition) is 2. The molecule has 2 heteroatoms. The van der Waals surface area contributed by atoms with Crippen LogP contribution in [0.4, 0.5) is 5.69 Å². The molecule has 0 saturated heterocycles. The van der Waals surface area contributed by atoms with E-state index in [4.69, 9.17) is 0 Å². The predicted molar refractivity (Wildman–Crippen MR) is 85.9 cm³/mol. The van der Waals surface area contributed by atoms with Crippen molar-refractivity contribution < 1.29 is 0 Å². The zero-order valence-corrected chi connectivity index (χ0v) is 13.2. The largest absolute Gasteiger partial charge is 0.372 e. The van der Waals surface area contributed by atoms with Crippen molar-refractivity contribution in [3.8, 4) is 0 Å². The van der Waals surface area contributed by atoms with Gasteiger partial charge in [-0.25, -0.2) is 0 Å². The van der Waals surface area contributed by atoms with E-state index in [2.05, 4.69) is 69.2 Å². The van der Waals surface area contributed by atoms with Gasteiger partial charge in [-0.1, -0.05) is 32.9 Å². The minimum Gasteiger partial charge on any atom is -0.372 e. The Kier molecular flexibility index (Phi) is 6.93. The van der Waals surface area contributed by atoms with Gasteiger partial charge in [-0.15, -0.1) is 0 Å². The van der Waals surface area contributed by atoms with Crippen LogP contribution in [0.15, 0.2) is 24.3 Å². The molecule has 1 N–H and O–H groups in total. The van der Waals surface area contributed by atoms with Crippen LogP contribution in [0.3, 0.4) is 0 Å². The smallest absolute Gasteiger partial charge is 0.0366 e. The first-order valence-electron chi connectivity index (χ1n) is 7.70. The summed E-state index contributed by atoms with van der Waals surface area (Å²) in [5.74, 6) is 0. The van der Waals surface area contributed by atoms with Crippen LogP contribution >= 0.6 is 0 Å². The van der Waals surface area contributed by atoms with Crippen molar-refractivity contribution in [1.82, 2.24) is 5.32 Å². The van der Waals surface area contributed by atoms with Gasteiger partial charge >= 0.3 is 0 Å². The van der Waals surface area contributed by atoms with E-state index < -0.39 is 0 Å². The van der Waals surface area contributed by atoms with E-state index in [9.17, 15) is 0 Å². The molecule has 0 spiro atoms. The lowest BCUT2D eigenvalue weighted by Gasteiger charge is -2.26. The number of rotatable bonds is 8. The third kappa shape index (κ3) is 4.54. The standard InChI is InChI=1S/C17H30N2/c1-6-13-18-17(8-3)15-9-11-16(12-10-15)19(5)14(4)7-2/h9-12,14,17-18H,6-8,13H2,1-5H3. The molecule has 19 heavy (non-hydrogen) atoms. The Morgan fingerprint density at radius 3 is 2.16 bits per heavy atom. The van der Waals surface area contributed by atoms with Gasteiger partial charge in [-0.3, -0.25) is 0 Å². The van der Waals surface area contributed by atoms with Gasteiger partial charge in [0.1, 0.15) is 0 Å². The average molecular weight is 262 g/mol. The van der Waals surface area contributed by atoms with E-state index in [1.54, 1.807) is 0 Å². The maximum Gasteiger partial charge on any atom is 0.0366 e. The summed E-state index contributed by atoms with van der Waals surface area (Å²) < 4.78 is 0. The van der Waals surface area contributed by atoms with Crippen LogP contribution in [-0.2, 0) is 0 Å². The molecule has 2 unspecified atom stereocenters. The van der Waals surface area contributed by atoms with Gasteiger partial charge in [0.05, 0.1) is 0 Å². The number of benzene rings is 1. The molecule has 0 fully saturated rings. The molecule has 2 nitrogen and oxygen atoms in total. The fourth-order valence-corrected chi connectivity index (χ4v) is 2.29. The third-order valence-corrected chi connectivity index (χ3v) is 4.00. The summed E-state index contributed by atoms with van der Waals surface area (Å²) in [4.78, 5) is 2.35. The minimum atomic E-state index is 0.489. The van der Waals surface area contributed by atoms with E-state index in [0.29, 0.717) is 12.1 Å². The van der Waals surface area contributed by atoms with Crippen molar-refractivity contribution in [2.45, 2.75) is 59.0 Å². The van der Waals surface area contributed by atoms with Gasteiger partial charge in [0, 0.05) is 24.8 Å². The van der Waals surface area contributed by atoms with Gasteiger partial charge in [0.25, 0.3) is 0 Å². The summed E-state index contributed by atoms with van der Waals surface area (Å²) in [5, 5.41) is 3.60. The summed E-state index contributed by atoms with van der Waals surface area (Å²) in [6, 6.07) is 10.1. The second-order valence-corrected chi connectivity index (χ2v) is 5.37. The topological polar surface area (TPSA) is 15.3 Å². The van der Waals surface area contributed by atoms with Crippen LogP contribution in [-0.4, -0.2) is 19.6 Å². The molecule has 0 amide bonds. The SMILES string of the molecule is CCCNC(CC)c1ccc(N(C)C(C)CC)cc1. The highest BCUT2D eigenvalue weighted by Crippen LogP contribution is 2.22. The van der Waals surface area contributed by atoms with Crippen molar-refractivity contribution in [2.75, 3.05) is 18.5 Å². The van der Waals surface area contributed by atoms with Crippen molar-refractivity contribution >= 4 is 5.69 Å². The highest BCUT2D eigenvalue weighted by molar-refractivity contribution is 5.48. The van der Waals surface area contributed by atoms with Crippen molar-refractivity contribution in [1.29, 1.82) is 0 Å². The molecule has 0 bridgehead atoms. The second-order valence-electron chi connectivity index (χ2n) is 5.37. The Hall–Kier alpha value is -1.02. The predicted octanol–water partition coefficient (Wildman–Crippen LogP) is 4.37. The summed E-state index contributed by atoms with van der Waals surface area (Å²) in [7, 11) is 2.18. The van der Waals surface area contributed by atoms with Gasteiger partial charge < -0.3 is 10.2 Å². The maximum atomic E-state index is 3.60. The van der Waals surface area contributed by atoms with E-state index in [1.165, 1.54) is 24.1 Å². The van der Waals surface area contributed by atoms with Crippen LogP contribution in [0, 0.1) is 0 Å². The number of nitrogens with zero attached hydrogens (tertiary/aromatic N) is 1. The summed E-state index contributed by atoms with van der Waals surface area (Å²) in [6.45, 7) is 10.0. The van der Waals surface area contributed by atoms with Crippen LogP contribution in [0.5, 0.6) is 0 Å². The lowest BCUT2D eigenvalue weighted by atomic mass is 10.0. The zero-order chi connectivity index (χ0) is 14.3. The maximum absolute atomic E-state index is 3.60. The Labute approximate surface area is 119 Å². The molecule has 0 heterocycles. The number of hydrogen-bond donors (Lipinski definition) is 1. The van der Waals surface area contributed by atoms with Gasteiger partial charge in [0.2, 0.25) is 0 Å². The molecule has 1 aromatic carbocycles. The fraction of sp³-hybridized carbons (Fsp3) is 0.647. The first-order chi connectivity index (χ1) is 9.13. The molecular weight excluding hydrogens is 232 g/mol. The molecule has 1 rings (SSSR count). The van der Waals surface area contributed by atoms with Crippen LogP contribution < -0.4 is 10.2 Å². The lowest BCUT2D eigenvalue weighted by Crippen LogP contribution is -2.28. The fourth-order valence-electron chi connectivity index (χ4n) is 2.29. The number of anilines is 1. The van der Waals surface area contributed by atoms with Crippen LogP contribution in [0.25, 0.3) is 0 Å². The molecule has 1 aromatic rings. The van der Waals surface area contributed by atoms with Crippen molar-refractivity contribution in [3.05, 3.63) is 29.8 Å². The number of nitrogens with one attached hydrogen (secondary N) is 1. The van der Waals surface area contributed by atoms with E-state index in [1.807, 2.05) is 0 Å². The van der Waals surface area contributed by atoms with Gasteiger partial charge in [0.15, 0.2) is 0 Å². The third-order valence-electron chi connectivity index (χ3n) is 4.00. The molecular formula is C17H30N2. The first kappa shape index (κ1) is 16.0. The molecule has 0 aliphatic carbocycles. The van der Waals surface area contributed by atoms with E-state index in [0.717, 1.165) is 13.0 Å². The van der Waals surface area contributed by atoms with E-state index in [-0.39, 0.29) is 0 Å². The monoisotopic (exact) mass is 262 g/mol. The van der Waals surface area contributed by atoms with Gasteiger partial charge in [-0.2, -0.15) is 0 Å². The van der Waals surface area contributed by atoms with Crippen molar-refractivity contribution in [3.63, 3.8) is 0 Å². The Morgan fingerprint density at radius 1 is 1.05 bits per heavy atom. The van der Waals surface area contributed by atoms with Gasteiger partial charge in [-0.05, 0) is 50.4 Å². The molecule has 0 aliphatic heterocycles. The minimum absolute atomic E-state index is 0.489. The quantitative estimate of drug-likeness (QED) is 0.748. The molecule has 2 atom stereocenters. The molecule has 0 aliphatic rings. The van der Waals surface area contributed by atoms with Crippen LogP contribution in [0.1, 0.15) is 58.6 Å². The normalized spacial score (nSPS) is 14.2. The van der Waals surface area contributed by atoms with Crippen molar-refractivity contribution in [2.24, 2.45) is 0 Å². The molecule has 0 aromatic heterocycles. The zero-order valence-electron chi connectivity index (χ0n) is 13.2. The van der Waals surface area contributed by atoms with E-state index >= 15 is 0 Å². The molecule has 0 saturated carbocycles. The Balaban J connectivity index is 2.74. The Bertz CT molecular complexity index is 345. The summed E-state index contributed by atoms with van der Waals surface area (Å²) >= 11 is 0. The molecule has 108 valence electrons. The first-order valence-corrected chi connectivity index (χ1v) is 7.70.